The smallest absolute Gasteiger partial charge is 0.422 e. The van der Waals surface area contributed by atoms with Crippen LogP contribution in [-0.2, 0) is 26.3 Å². The molecule has 1 saturated carbocycles. The van der Waals surface area contributed by atoms with Gasteiger partial charge in [-0.25, -0.2) is 9.52 Å². The Labute approximate surface area is 158 Å². The number of hydrogen-bond donors (Lipinski definition) is 3. The lowest BCUT2D eigenvalue weighted by Crippen LogP contribution is -2.53. The number of rotatable bonds is 6. The standard InChI is InChI=1S/C17H25N3O6S/c1-20(2)16(22)13-8-9-15(21)14(10-13)18-27(24,25)19-17(23)26-11-12-6-4-3-5-7-12/h3-7,13-15,18,21H,8-11H2,1-2H3,(H,19,23)/t13-,14+,15+/m0/s1. The topological polar surface area (TPSA) is 125 Å². The molecule has 0 saturated heterocycles. The molecule has 0 radical (unpaired) electrons. The van der Waals surface area contributed by atoms with Crippen LogP contribution in [0.1, 0.15) is 24.8 Å². The number of carbonyl (C=O) groups excluding carboxylic acids is 2. The van der Waals surface area contributed by atoms with E-state index in [-0.39, 0.29) is 31.3 Å². The van der Waals surface area contributed by atoms with Crippen LogP contribution >= 0.6 is 0 Å². The summed E-state index contributed by atoms with van der Waals surface area (Å²) < 4.78 is 33.2. The minimum Gasteiger partial charge on any atom is -0.444 e. The van der Waals surface area contributed by atoms with Gasteiger partial charge in [0.15, 0.2) is 0 Å². The van der Waals surface area contributed by atoms with Crippen LogP contribution in [0.25, 0.3) is 0 Å². The van der Waals surface area contributed by atoms with Gasteiger partial charge in [-0.15, -0.1) is 0 Å². The molecule has 9 nitrogen and oxygen atoms in total. The molecule has 150 valence electrons. The summed E-state index contributed by atoms with van der Waals surface area (Å²) >= 11 is 0. The largest absolute Gasteiger partial charge is 0.444 e. The van der Waals surface area contributed by atoms with E-state index in [1.807, 2.05) is 6.07 Å². The van der Waals surface area contributed by atoms with E-state index < -0.39 is 28.4 Å². The van der Waals surface area contributed by atoms with Crippen LogP contribution in [0.5, 0.6) is 0 Å². The number of nitrogens with zero attached hydrogens (tertiary/aromatic N) is 1. The van der Waals surface area contributed by atoms with Gasteiger partial charge in [0.2, 0.25) is 5.91 Å². The highest BCUT2D eigenvalue weighted by atomic mass is 32.2. The molecule has 1 aliphatic rings. The van der Waals surface area contributed by atoms with E-state index in [0.717, 1.165) is 0 Å². The second-order valence-electron chi connectivity index (χ2n) is 6.70. The van der Waals surface area contributed by atoms with Crippen LogP contribution in [0.2, 0.25) is 0 Å². The summed E-state index contributed by atoms with van der Waals surface area (Å²) in [5, 5.41) is 10.1. The molecule has 1 aromatic carbocycles. The first-order valence-corrected chi connectivity index (χ1v) is 10.1. The van der Waals surface area contributed by atoms with Crippen LogP contribution in [-0.4, -0.2) is 56.7 Å². The van der Waals surface area contributed by atoms with Gasteiger partial charge >= 0.3 is 16.3 Å². The van der Waals surface area contributed by atoms with Crippen LogP contribution < -0.4 is 9.44 Å². The van der Waals surface area contributed by atoms with Gasteiger partial charge in [-0.1, -0.05) is 30.3 Å². The third-order valence-corrected chi connectivity index (χ3v) is 5.39. The van der Waals surface area contributed by atoms with E-state index in [1.165, 1.54) is 4.90 Å². The van der Waals surface area contributed by atoms with Gasteiger partial charge in [0, 0.05) is 20.0 Å². The van der Waals surface area contributed by atoms with Gasteiger partial charge in [-0.2, -0.15) is 13.1 Å². The normalized spacial score (nSPS) is 22.7. The maximum Gasteiger partial charge on any atom is 0.422 e. The summed E-state index contributed by atoms with van der Waals surface area (Å²) in [5.74, 6) is -0.512. The van der Waals surface area contributed by atoms with Crippen LogP contribution in [0.3, 0.4) is 0 Å². The maximum atomic E-state index is 12.1. The highest BCUT2D eigenvalue weighted by Gasteiger charge is 2.36. The summed E-state index contributed by atoms with van der Waals surface area (Å²) in [7, 11) is -1.00. The number of nitrogens with one attached hydrogen (secondary N) is 2. The van der Waals surface area contributed by atoms with Gasteiger partial charge < -0.3 is 14.7 Å². The molecule has 3 atom stereocenters. The first-order chi connectivity index (χ1) is 12.7. The molecule has 1 aliphatic carbocycles. The average Bonchev–Trinajstić information content (AvgIpc) is 2.61. The lowest BCUT2D eigenvalue weighted by molar-refractivity contribution is -0.135. The van der Waals surface area contributed by atoms with Crippen molar-refractivity contribution < 1.29 is 27.9 Å². The molecule has 3 N–H and O–H groups in total. The van der Waals surface area contributed by atoms with Crippen LogP contribution in [0, 0.1) is 5.92 Å². The Bertz CT molecular complexity index is 753. The zero-order chi connectivity index (χ0) is 20.0. The Morgan fingerprint density at radius 3 is 2.52 bits per heavy atom. The maximum absolute atomic E-state index is 12.1. The van der Waals surface area contributed by atoms with Crippen molar-refractivity contribution in [3.05, 3.63) is 35.9 Å². The van der Waals surface area contributed by atoms with Crippen molar-refractivity contribution in [2.24, 2.45) is 5.92 Å². The molecule has 10 heteroatoms. The quantitative estimate of drug-likeness (QED) is 0.634. The number of benzene rings is 1. The Balaban J connectivity index is 1.89. The number of aliphatic hydroxyl groups is 1. The van der Waals surface area contributed by atoms with Gasteiger partial charge in [-0.3, -0.25) is 4.79 Å². The SMILES string of the molecule is CN(C)C(=O)[C@H]1CC[C@@H](O)[C@H](NS(=O)(=O)NC(=O)OCc2ccccc2)C1. The fourth-order valence-corrected chi connectivity index (χ4v) is 3.95. The van der Waals surface area contributed by atoms with Crippen molar-refractivity contribution in [3.8, 4) is 0 Å². The Kier molecular flexibility index (Phi) is 7.17. The lowest BCUT2D eigenvalue weighted by Gasteiger charge is -2.33. The number of ether oxygens (including phenoxy) is 1. The van der Waals surface area contributed by atoms with E-state index in [9.17, 15) is 23.1 Å². The van der Waals surface area contributed by atoms with Crippen molar-refractivity contribution in [1.82, 2.24) is 14.3 Å². The van der Waals surface area contributed by atoms with Crippen molar-refractivity contribution >= 4 is 22.2 Å². The first-order valence-electron chi connectivity index (χ1n) is 8.58. The molecule has 0 unspecified atom stereocenters. The second-order valence-corrected chi connectivity index (χ2v) is 8.15. The number of aliphatic hydroxyl groups excluding tert-OH is 1. The minimum absolute atomic E-state index is 0.0757. The van der Waals surface area contributed by atoms with Crippen molar-refractivity contribution in [3.63, 3.8) is 0 Å². The molecule has 0 aromatic heterocycles. The van der Waals surface area contributed by atoms with E-state index in [0.29, 0.717) is 12.0 Å². The van der Waals surface area contributed by atoms with E-state index in [1.54, 1.807) is 43.1 Å². The number of amides is 2. The molecule has 1 fully saturated rings. The summed E-state index contributed by atoms with van der Waals surface area (Å²) in [6.45, 7) is -0.0757. The molecule has 0 bridgehead atoms. The highest BCUT2D eigenvalue weighted by Crippen LogP contribution is 2.26. The lowest BCUT2D eigenvalue weighted by atomic mass is 9.83. The monoisotopic (exact) mass is 399 g/mol. The predicted molar refractivity (Wildman–Crippen MR) is 97.6 cm³/mol. The molecular weight excluding hydrogens is 374 g/mol. The summed E-state index contributed by atoms with van der Waals surface area (Å²) in [6.07, 6.45) is -1.15. The van der Waals surface area contributed by atoms with E-state index in [2.05, 4.69) is 4.72 Å². The zero-order valence-electron chi connectivity index (χ0n) is 15.3. The Morgan fingerprint density at radius 2 is 1.89 bits per heavy atom. The predicted octanol–water partition coefficient (Wildman–Crippen LogP) is 0.365. The zero-order valence-corrected chi connectivity index (χ0v) is 16.1. The first kappa shape index (κ1) is 21.1. The summed E-state index contributed by atoms with van der Waals surface area (Å²) in [6, 6.07) is 7.95. The Morgan fingerprint density at radius 1 is 1.22 bits per heavy atom. The third-order valence-electron chi connectivity index (χ3n) is 4.34. The van der Waals surface area contributed by atoms with E-state index in [4.69, 9.17) is 4.74 Å². The summed E-state index contributed by atoms with van der Waals surface area (Å²) in [4.78, 5) is 25.3. The molecule has 2 rings (SSSR count). The number of hydrogen-bond acceptors (Lipinski definition) is 6. The fourth-order valence-electron chi connectivity index (χ4n) is 2.96. The van der Waals surface area contributed by atoms with Gasteiger partial charge in [0.25, 0.3) is 0 Å². The number of carbonyl (C=O) groups is 2. The second kappa shape index (κ2) is 9.16. The van der Waals surface area contributed by atoms with Crippen molar-refractivity contribution in [2.45, 2.75) is 38.0 Å². The van der Waals surface area contributed by atoms with Crippen molar-refractivity contribution in [1.29, 1.82) is 0 Å². The molecule has 27 heavy (non-hydrogen) atoms. The third kappa shape index (κ3) is 6.49. The van der Waals surface area contributed by atoms with E-state index >= 15 is 0 Å². The molecular formula is C17H25N3O6S. The van der Waals surface area contributed by atoms with Crippen LogP contribution in [0.4, 0.5) is 4.79 Å². The molecule has 0 heterocycles. The van der Waals surface area contributed by atoms with Crippen LogP contribution in [0.15, 0.2) is 30.3 Å². The Hall–Kier alpha value is -2.17. The van der Waals surface area contributed by atoms with Gasteiger partial charge in [0.1, 0.15) is 6.61 Å². The molecule has 0 aliphatic heterocycles. The molecule has 1 aromatic rings. The minimum atomic E-state index is -4.25. The average molecular weight is 399 g/mol. The fraction of sp³-hybridized carbons (Fsp3) is 0.529. The molecule has 0 spiro atoms. The summed E-state index contributed by atoms with van der Waals surface area (Å²) in [5.41, 5.74) is 0.714. The molecule has 2 amide bonds. The van der Waals surface area contributed by atoms with Gasteiger partial charge in [0.05, 0.1) is 12.1 Å². The van der Waals surface area contributed by atoms with Crippen molar-refractivity contribution in [2.75, 3.05) is 14.1 Å². The van der Waals surface area contributed by atoms with Gasteiger partial charge in [-0.05, 0) is 24.8 Å². The highest BCUT2D eigenvalue weighted by molar-refractivity contribution is 7.88.